The number of benzene rings is 2. The first-order valence-electron chi connectivity index (χ1n) is 13.7. The van der Waals surface area contributed by atoms with Crippen molar-refractivity contribution in [1.82, 2.24) is 4.98 Å². The summed E-state index contributed by atoms with van der Waals surface area (Å²) in [5.41, 5.74) is 17.2. The molecule has 2 amide bonds. The maximum atomic E-state index is 13.3. The minimum atomic E-state index is -4.61. The van der Waals surface area contributed by atoms with Gasteiger partial charge in [-0.25, -0.2) is 0 Å². The van der Waals surface area contributed by atoms with Gasteiger partial charge in [0.15, 0.2) is 11.8 Å². The van der Waals surface area contributed by atoms with Gasteiger partial charge in [0.05, 0.1) is 49.6 Å². The van der Waals surface area contributed by atoms with E-state index in [0.29, 0.717) is 49.1 Å². The lowest BCUT2D eigenvalue weighted by Crippen LogP contribution is -2.51. The van der Waals surface area contributed by atoms with E-state index in [1.165, 1.54) is 6.20 Å². The summed E-state index contributed by atoms with van der Waals surface area (Å²) in [6.45, 7) is 3.06. The Balaban J connectivity index is 1.80. The first-order valence-corrected chi connectivity index (χ1v) is 13.7. The van der Waals surface area contributed by atoms with E-state index in [2.05, 4.69) is 21.2 Å². The number of rotatable bonds is 13. The Bertz CT molecular complexity index is 1490. The molecule has 1 aromatic heterocycles. The first-order chi connectivity index (χ1) is 20.4. The number of nitrogens with zero attached hydrogens (tertiary/aromatic N) is 3. The van der Waals surface area contributed by atoms with Gasteiger partial charge in [-0.2, -0.15) is 18.0 Å². The summed E-state index contributed by atoms with van der Waals surface area (Å²) in [7, 11) is 2.01. The van der Waals surface area contributed by atoms with Gasteiger partial charge in [-0.15, -0.1) is 0 Å². The molecule has 43 heavy (non-hydrogen) atoms. The van der Waals surface area contributed by atoms with Crippen molar-refractivity contribution in [3.63, 3.8) is 0 Å². The van der Waals surface area contributed by atoms with Crippen LogP contribution < -0.4 is 22.5 Å². The zero-order chi connectivity index (χ0) is 31.6. The van der Waals surface area contributed by atoms with Crippen LogP contribution in [0.15, 0.2) is 60.8 Å². The van der Waals surface area contributed by atoms with Crippen LogP contribution in [0.2, 0.25) is 0 Å². The molecule has 0 bridgehead atoms. The van der Waals surface area contributed by atoms with Gasteiger partial charge in [-0.05, 0) is 37.1 Å². The summed E-state index contributed by atoms with van der Waals surface area (Å²) in [5, 5.41) is 3.28. The summed E-state index contributed by atoms with van der Waals surface area (Å²) >= 11 is 0. The average Bonchev–Trinajstić information content (AvgIpc) is 2.96. The number of nitrogens with one attached hydrogen (secondary N) is 1. The number of Topliss-reactive ketones (excluding diaryl/α,β-unsaturated/α-hetero) is 1. The normalized spacial score (nSPS) is 13.1. The Morgan fingerprint density at radius 2 is 1.67 bits per heavy atom. The Kier molecular flexibility index (Phi) is 11.4. The second kappa shape index (κ2) is 14.8. The summed E-state index contributed by atoms with van der Waals surface area (Å²) < 4.78 is 39.7. The molecule has 1 heterocycles. The number of pyridine rings is 1. The van der Waals surface area contributed by atoms with Crippen LogP contribution in [0.1, 0.15) is 28.8 Å². The molecule has 0 aliphatic rings. The zero-order valence-electron chi connectivity index (χ0n) is 23.8. The fourth-order valence-corrected chi connectivity index (χ4v) is 4.57. The fraction of sp³-hybridized carbons (Fsp3) is 0.367. The first kappa shape index (κ1) is 33.3. The molecule has 0 aliphatic heterocycles. The summed E-state index contributed by atoms with van der Waals surface area (Å²) in [4.78, 5) is 47.2. The quantitative estimate of drug-likeness (QED) is 0.134. The van der Waals surface area contributed by atoms with E-state index in [0.717, 1.165) is 29.7 Å². The number of nitrogens with two attached hydrogens (primary N) is 3. The van der Waals surface area contributed by atoms with Crippen molar-refractivity contribution < 1.29 is 32.0 Å². The predicted octanol–water partition coefficient (Wildman–Crippen LogP) is 3.02. The van der Waals surface area contributed by atoms with E-state index in [1.807, 2.05) is 7.05 Å². The van der Waals surface area contributed by atoms with E-state index in [-0.39, 0.29) is 17.7 Å². The molecule has 3 aromatic rings. The number of ketones is 1. The number of halogens is 3. The van der Waals surface area contributed by atoms with Crippen molar-refractivity contribution in [2.75, 3.05) is 45.1 Å². The maximum Gasteiger partial charge on any atom is 0.531 e. The van der Waals surface area contributed by atoms with Gasteiger partial charge < -0.3 is 27.0 Å². The number of quaternary nitrogens is 1. The standard InChI is InChI=1S/C30H35F3N7O3/c1-40(15-12-34,16-13-35)14-4-6-25(36)29(43)38-19-24(27(41)20-8-10-22(11-9-20)30(31,32)33)28(42)39-23-17-21-5-2-3-7-26(21)37-18-23/h2-3,5,7-11,17-18,24-25H,4,6,12-16,34-36H2,1H3/q+1/p+1/t24?,25-/m0/s1. The number of aromatic nitrogens is 1. The topological polar surface area (TPSA) is 159 Å². The predicted molar refractivity (Wildman–Crippen MR) is 158 cm³/mol. The van der Waals surface area contributed by atoms with Crippen molar-refractivity contribution in [1.29, 1.82) is 0 Å². The fourth-order valence-electron chi connectivity index (χ4n) is 4.57. The van der Waals surface area contributed by atoms with Gasteiger partial charge in [0.25, 0.3) is 5.91 Å². The second-order valence-electron chi connectivity index (χ2n) is 10.5. The number of hydrogen-bond acceptors (Lipinski definition) is 7. The molecule has 1 unspecified atom stereocenters. The molecule has 10 nitrogen and oxygen atoms in total. The monoisotopic (exact) mass is 599 g/mol. The third-order valence-corrected chi connectivity index (χ3v) is 7.05. The smallest absolute Gasteiger partial charge is 0.326 e. The molecule has 0 spiro atoms. The minimum absolute atomic E-state index is 0.193. The summed E-state index contributed by atoms with van der Waals surface area (Å²) in [6, 6.07) is 13.4. The van der Waals surface area contributed by atoms with Crippen LogP contribution in [0.25, 0.3) is 15.7 Å². The Morgan fingerprint density at radius 1 is 1.02 bits per heavy atom. The third kappa shape index (κ3) is 9.39. The van der Waals surface area contributed by atoms with Crippen LogP contribution in [0.5, 0.6) is 0 Å². The third-order valence-electron chi connectivity index (χ3n) is 7.05. The van der Waals surface area contributed by atoms with Gasteiger partial charge in [-0.1, -0.05) is 30.3 Å². The van der Waals surface area contributed by atoms with E-state index in [1.54, 1.807) is 30.3 Å². The maximum absolute atomic E-state index is 13.3. The molecule has 2 atom stereocenters. The number of anilines is 1. The highest BCUT2D eigenvalue weighted by Crippen LogP contribution is 2.29. The van der Waals surface area contributed by atoms with Crippen molar-refractivity contribution in [3.05, 3.63) is 76.8 Å². The zero-order valence-corrected chi connectivity index (χ0v) is 23.8. The Labute approximate surface area is 247 Å². The number of likely N-dealkylation sites (N-methyl/N-ethyl adjacent to an activating group) is 1. The van der Waals surface area contributed by atoms with E-state index < -0.39 is 41.3 Å². The molecule has 2 aromatic carbocycles. The van der Waals surface area contributed by atoms with Gasteiger partial charge in [0.1, 0.15) is 0 Å². The summed E-state index contributed by atoms with van der Waals surface area (Å²) in [5.74, 6) is -4.35. The molecule has 0 fully saturated rings. The minimum Gasteiger partial charge on any atom is -0.326 e. The van der Waals surface area contributed by atoms with Crippen LogP contribution in [0.4, 0.5) is 18.9 Å². The van der Waals surface area contributed by atoms with Crippen LogP contribution >= 0.6 is 0 Å². The number of carbonyl (C=O) groups excluding carboxylic acids is 3. The average molecular weight is 600 g/mol. The summed E-state index contributed by atoms with van der Waals surface area (Å²) in [6.07, 6.45) is -2.37. The molecule has 13 heteroatoms. The van der Waals surface area contributed by atoms with Gasteiger partial charge >= 0.3 is 18.2 Å². The second-order valence-corrected chi connectivity index (χ2v) is 10.5. The number of carbonyl (C=O) groups is 3. The highest BCUT2D eigenvalue weighted by molar-refractivity contribution is 6.16. The molecule has 228 valence electrons. The van der Waals surface area contributed by atoms with Gasteiger partial charge in [-0.3, -0.25) is 14.6 Å². The van der Waals surface area contributed by atoms with E-state index in [9.17, 15) is 27.6 Å². The molecule has 0 saturated heterocycles. The lowest BCUT2D eigenvalue weighted by Gasteiger charge is -2.34. The number of amides is 2. The number of fused-ring (bicyclic) bond motifs is 1. The van der Waals surface area contributed by atoms with E-state index >= 15 is 0 Å². The van der Waals surface area contributed by atoms with Crippen LogP contribution in [-0.4, -0.2) is 72.9 Å². The highest BCUT2D eigenvalue weighted by atomic mass is 19.4. The molecule has 3 rings (SSSR count). The van der Waals surface area contributed by atoms with Crippen molar-refractivity contribution >= 4 is 34.2 Å². The van der Waals surface area contributed by atoms with Crippen molar-refractivity contribution in [2.24, 2.45) is 23.1 Å². The van der Waals surface area contributed by atoms with Gasteiger partial charge in [0.2, 0.25) is 5.92 Å². The molecule has 0 aliphatic carbocycles. The van der Waals surface area contributed by atoms with Crippen LogP contribution in [0.3, 0.4) is 0 Å². The molecular formula is C30H36F3N7O3+2. The SMILES string of the molecule is C[N+](CCN)(CCN)CCC[C@H](N)C(=O)[N+]#CC(C(=O)Nc1cnc2ccccc2c1)C(=O)c1ccc(C(F)(F)F)cc1. The molecule has 0 radical (unpaired) electrons. The van der Waals surface area contributed by atoms with Crippen LogP contribution in [0, 0.1) is 12.0 Å². The van der Waals surface area contributed by atoms with Crippen molar-refractivity contribution in [3.8, 4) is 6.07 Å². The molecule has 0 saturated carbocycles. The highest BCUT2D eigenvalue weighted by Gasteiger charge is 2.35. The molecule has 7 N–H and O–H groups in total. The van der Waals surface area contributed by atoms with Crippen molar-refractivity contribution in [2.45, 2.75) is 25.1 Å². The largest absolute Gasteiger partial charge is 0.531 e. The van der Waals surface area contributed by atoms with Crippen LogP contribution in [-0.2, 0) is 15.8 Å². The lowest BCUT2D eigenvalue weighted by atomic mass is 9.97. The Hall–Kier alpha value is -4.22. The number of alkyl halides is 3. The number of para-hydroxylation sites is 1. The Morgan fingerprint density at radius 3 is 2.30 bits per heavy atom. The molecular weight excluding hydrogens is 563 g/mol. The van der Waals surface area contributed by atoms with E-state index in [4.69, 9.17) is 17.2 Å². The van der Waals surface area contributed by atoms with Gasteiger partial charge in [0, 0.05) is 28.9 Å². The lowest BCUT2D eigenvalue weighted by molar-refractivity contribution is -0.907. The number of hydrogen-bond donors (Lipinski definition) is 4.